The second-order valence-corrected chi connectivity index (χ2v) is 8.73. The molecule has 1 aromatic heterocycles. The minimum atomic E-state index is -0.0806. The minimum Gasteiger partial charge on any atom is -0.340 e. The van der Waals surface area contributed by atoms with E-state index in [1.165, 1.54) is 5.56 Å². The maximum Gasteiger partial charge on any atom is 0.239 e. The second-order valence-electron chi connectivity index (χ2n) is 8.73. The van der Waals surface area contributed by atoms with E-state index in [9.17, 15) is 9.59 Å². The van der Waals surface area contributed by atoms with Crippen molar-refractivity contribution in [2.45, 2.75) is 27.2 Å². The van der Waals surface area contributed by atoms with Crippen LogP contribution in [-0.4, -0.2) is 64.1 Å². The van der Waals surface area contributed by atoms with Crippen molar-refractivity contribution in [1.82, 2.24) is 19.6 Å². The molecule has 2 amide bonds. The van der Waals surface area contributed by atoms with Gasteiger partial charge in [0.1, 0.15) is 5.82 Å². The van der Waals surface area contributed by atoms with Gasteiger partial charge in [-0.25, -0.2) is 4.68 Å². The monoisotopic (exact) mass is 445 g/mol. The van der Waals surface area contributed by atoms with Crippen molar-refractivity contribution in [2.24, 2.45) is 0 Å². The third kappa shape index (κ3) is 5.68. The molecule has 2 aromatic carbocycles. The Labute approximate surface area is 195 Å². The normalized spacial score (nSPS) is 14.3. The van der Waals surface area contributed by atoms with Crippen molar-refractivity contribution < 1.29 is 9.59 Å². The van der Waals surface area contributed by atoms with Crippen LogP contribution in [-0.2, 0) is 16.0 Å². The molecule has 0 aliphatic carbocycles. The number of nitrogens with one attached hydrogen (secondary N) is 1. The summed E-state index contributed by atoms with van der Waals surface area (Å²) in [5.41, 5.74) is 5.13. The molecule has 4 rings (SSSR count). The Bertz CT molecular complexity index is 1130. The van der Waals surface area contributed by atoms with E-state index in [0.717, 1.165) is 22.5 Å². The number of amides is 2. The van der Waals surface area contributed by atoms with Gasteiger partial charge in [0, 0.05) is 32.2 Å². The number of anilines is 1. The van der Waals surface area contributed by atoms with Crippen LogP contribution in [0.15, 0.2) is 54.6 Å². The van der Waals surface area contributed by atoms with Crippen LogP contribution in [0.1, 0.15) is 22.4 Å². The molecular formula is C26H31N5O2. The average Bonchev–Trinajstić information content (AvgIpc) is 3.16. The summed E-state index contributed by atoms with van der Waals surface area (Å²) in [6, 6.07) is 17.9. The van der Waals surface area contributed by atoms with Gasteiger partial charge in [-0.15, -0.1) is 0 Å². The summed E-state index contributed by atoms with van der Waals surface area (Å²) in [6.07, 6.45) is 0.426. The molecular weight excluding hydrogens is 414 g/mol. The van der Waals surface area contributed by atoms with Crippen LogP contribution in [0.5, 0.6) is 0 Å². The molecule has 1 saturated heterocycles. The Balaban J connectivity index is 1.30. The molecule has 172 valence electrons. The van der Waals surface area contributed by atoms with Crippen LogP contribution in [0.3, 0.4) is 0 Å². The van der Waals surface area contributed by atoms with Crippen LogP contribution in [0.25, 0.3) is 5.69 Å². The number of nitrogens with zero attached hydrogens (tertiary/aromatic N) is 4. The summed E-state index contributed by atoms with van der Waals surface area (Å²) in [5, 5.41) is 7.53. The van der Waals surface area contributed by atoms with E-state index in [-0.39, 0.29) is 18.4 Å². The third-order valence-electron chi connectivity index (χ3n) is 6.07. The van der Waals surface area contributed by atoms with E-state index in [2.05, 4.69) is 15.3 Å². The smallest absolute Gasteiger partial charge is 0.239 e. The molecule has 1 aliphatic heterocycles. The molecule has 0 bridgehead atoms. The van der Waals surface area contributed by atoms with E-state index >= 15 is 0 Å². The van der Waals surface area contributed by atoms with Gasteiger partial charge in [-0.05, 0) is 44.0 Å². The molecule has 3 aromatic rings. The molecule has 7 heteroatoms. The van der Waals surface area contributed by atoms with Crippen molar-refractivity contribution in [1.29, 1.82) is 0 Å². The Morgan fingerprint density at radius 2 is 1.64 bits per heavy atom. The Hall–Kier alpha value is -3.45. The molecule has 0 saturated carbocycles. The molecule has 0 radical (unpaired) electrons. The van der Waals surface area contributed by atoms with Gasteiger partial charge in [0.25, 0.3) is 0 Å². The summed E-state index contributed by atoms with van der Waals surface area (Å²) in [7, 11) is 0. The SMILES string of the molecule is Cc1ccc(-n2nc(C)cc2NC(=O)CN2CCN(C(=O)Cc3ccccc3C)CC2)cc1. The van der Waals surface area contributed by atoms with Crippen LogP contribution < -0.4 is 5.32 Å². The fourth-order valence-electron chi connectivity index (χ4n) is 4.10. The predicted molar refractivity (Wildman–Crippen MR) is 130 cm³/mol. The highest BCUT2D eigenvalue weighted by atomic mass is 16.2. The quantitative estimate of drug-likeness (QED) is 0.633. The van der Waals surface area contributed by atoms with E-state index in [1.54, 1.807) is 4.68 Å². The predicted octanol–water partition coefficient (Wildman–Crippen LogP) is 3.12. The van der Waals surface area contributed by atoms with Crippen molar-refractivity contribution in [3.05, 3.63) is 77.0 Å². The van der Waals surface area contributed by atoms with Crippen LogP contribution in [0.4, 0.5) is 5.82 Å². The van der Waals surface area contributed by atoms with E-state index in [0.29, 0.717) is 38.4 Å². The number of benzene rings is 2. The van der Waals surface area contributed by atoms with Crippen LogP contribution in [0, 0.1) is 20.8 Å². The zero-order chi connectivity index (χ0) is 23.4. The molecule has 1 aliphatic rings. The molecule has 33 heavy (non-hydrogen) atoms. The van der Waals surface area contributed by atoms with Gasteiger partial charge in [0.2, 0.25) is 11.8 Å². The van der Waals surface area contributed by atoms with Gasteiger partial charge >= 0.3 is 0 Å². The maximum absolute atomic E-state index is 12.7. The number of carbonyl (C=O) groups is 2. The highest BCUT2D eigenvalue weighted by Crippen LogP contribution is 2.18. The molecule has 2 heterocycles. The molecule has 7 nitrogen and oxygen atoms in total. The van der Waals surface area contributed by atoms with Crippen molar-refractivity contribution in [3.8, 4) is 5.69 Å². The number of hydrogen-bond acceptors (Lipinski definition) is 4. The number of rotatable bonds is 6. The van der Waals surface area contributed by atoms with Crippen molar-refractivity contribution in [3.63, 3.8) is 0 Å². The van der Waals surface area contributed by atoms with Gasteiger partial charge < -0.3 is 10.2 Å². The number of carbonyl (C=O) groups excluding carboxylic acids is 2. The third-order valence-corrected chi connectivity index (χ3v) is 6.07. The molecule has 1 fully saturated rings. The summed E-state index contributed by atoms with van der Waals surface area (Å²) >= 11 is 0. The first kappa shape index (κ1) is 22.7. The van der Waals surface area contributed by atoms with Gasteiger partial charge in [-0.3, -0.25) is 14.5 Å². The zero-order valence-corrected chi connectivity index (χ0v) is 19.5. The Morgan fingerprint density at radius 1 is 0.939 bits per heavy atom. The first-order chi connectivity index (χ1) is 15.9. The largest absolute Gasteiger partial charge is 0.340 e. The fraction of sp³-hybridized carbons (Fsp3) is 0.346. The lowest BCUT2D eigenvalue weighted by Gasteiger charge is -2.34. The summed E-state index contributed by atoms with van der Waals surface area (Å²) in [6.45, 7) is 8.91. The number of aryl methyl sites for hydroxylation is 3. The molecule has 0 atom stereocenters. The van der Waals surface area contributed by atoms with E-state index < -0.39 is 0 Å². The summed E-state index contributed by atoms with van der Waals surface area (Å²) in [4.78, 5) is 29.4. The zero-order valence-electron chi connectivity index (χ0n) is 19.5. The number of aromatic nitrogens is 2. The Kier molecular flexibility index (Phi) is 6.89. The minimum absolute atomic E-state index is 0.0806. The van der Waals surface area contributed by atoms with Crippen molar-refractivity contribution >= 4 is 17.6 Å². The van der Waals surface area contributed by atoms with Gasteiger partial charge in [0.15, 0.2) is 0 Å². The summed E-state index contributed by atoms with van der Waals surface area (Å²) in [5.74, 6) is 0.724. The lowest BCUT2D eigenvalue weighted by atomic mass is 10.1. The van der Waals surface area contributed by atoms with Crippen LogP contribution >= 0.6 is 0 Å². The van der Waals surface area contributed by atoms with E-state index in [4.69, 9.17) is 0 Å². The molecule has 0 unspecified atom stereocenters. The van der Waals surface area contributed by atoms with E-state index in [1.807, 2.05) is 80.3 Å². The van der Waals surface area contributed by atoms with Gasteiger partial charge in [-0.1, -0.05) is 42.0 Å². The van der Waals surface area contributed by atoms with Crippen LogP contribution in [0.2, 0.25) is 0 Å². The first-order valence-corrected chi connectivity index (χ1v) is 11.4. The Morgan fingerprint density at radius 3 is 2.33 bits per heavy atom. The molecule has 1 N–H and O–H groups in total. The maximum atomic E-state index is 12.7. The first-order valence-electron chi connectivity index (χ1n) is 11.4. The lowest BCUT2D eigenvalue weighted by Crippen LogP contribution is -2.50. The van der Waals surface area contributed by atoms with Gasteiger partial charge in [-0.2, -0.15) is 5.10 Å². The number of piperazine rings is 1. The number of hydrogen-bond donors (Lipinski definition) is 1. The van der Waals surface area contributed by atoms with Crippen molar-refractivity contribution in [2.75, 3.05) is 38.0 Å². The average molecular weight is 446 g/mol. The highest BCUT2D eigenvalue weighted by Gasteiger charge is 2.23. The highest BCUT2D eigenvalue weighted by molar-refractivity contribution is 5.91. The van der Waals surface area contributed by atoms with Gasteiger partial charge in [0.05, 0.1) is 24.3 Å². The second kappa shape index (κ2) is 10.0. The summed E-state index contributed by atoms with van der Waals surface area (Å²) < 4.78 is 1.76. The topological polar surface area (TPSA) is 70.5 Å². The lowest BCUT2D eigenvalue weighted by molar-refractivity contribution is -0.132. The standard InChI is InChI=1S/C26H31N5O2/c1-19-8-10-23(11-9-19)31-24(16-21(3)28-31)27-25(32)18-29-12-14-30(15-13-29)26(33)17-22-7-5-4-6-20(22)2/h4-11,16H,12-15,17-18H2,1-3H3,(H,27,32). The molecule has 0 spiro atoms. The fourth-order valence-corrected chi connectivity index (χ4v) is 4.10.